The molecule has 1 aromatic carbocycles. The lowest BCUT2D eigenvalue weighted by Gasteiger charge is -2.15. The first-order valence-electron chi connectivity index (χ1n) is 4.66. The second-order valence-corrected chi connectivity index (χ2v) is 3.99. The van der Waals surface area contributed by atoms with Gasteiger partial charge in [-0.2, -0.15) is 0 Å². The Kier molecular flexibility index (Phi) is 4.42. The Morgan fingerprint density at radius 2 is 2.00 bits per heavy atom. The second-order valence-electron chi connectivity index (χ2n) is 3.20. The number of hydrogen-bond donors (Lipinski definition) is 1. The Morgan fingerprint density at radius 3 is 2.47 bits per heavy atom. The quantitative estimate of drug-likeness (QED) is 0.916. The Bertz CT molecular complexity index is 350. The van der Waals surface area contributed by atoms with E-state index >= 15 is 0 Å². The minimum atomic E-state index is 0.0849. The van der Waals surface area contributed by atoms with E-state index in [9.17, 15) is 0 Å². The molecule has 1 rings (SSSR count). The number of ether oxygens (including phenoxy) is 2. The molecule has 0 heterocycles. The summed E-state index contributed by atoms with van der Waals surface area (Å²) in [7, 11) is 3.20. The lowest BCUT2D eigenvalue weighted by Crippen LogP contribution is -2.01. The third kappa shape index (κ3) is 2.44. The monoisotopic (exact) mass is 274 g/mol. The van der Waals surface area contributed by atoms with E-state index in [4.69, 9.17) is 14.6 Å². The van der Waals surface area contributed by atoms with Gasteiger partial charge in [-0.1, -0.05) is 15.9 Å². The van der Waals surface area contributed by atoms with Gasteiger partial charge in [0.05, 0.1) is 14.2 Å². The molecule has 1 aromatic rings. The van der Waals surface area contributed by atoms with Crippen molar-refractivity contribution in [3.05, 3.63) is 21.7 Å². The van der Waals surface area contributed by atoms with Crippen molar-refractivity contribution < 1.29 is 14.6 Å². The van der Waals surface area contributed by atoms with Crippen LogP contribution in [0, 0.1) is 6.92 Å². The number of methoxy groups -OCH3 is 2. The molecule has 0 aliphatic heterocycles. The molecule has 4 heteroatoms. The first kappa shape index (κ1) is 12.3. The number of aliphatic hydroxyl groups is 1. The van der Waals surface area contributed by atoms with Gasteiger partial charge in [-0.3, -0.25) is 0 Å². The van der Waals surface area contributed by atoms with Crippen LogP contribution in [-0.2, 0) is 6.42 Å². The zero-order valence-electron chi connectivity index (χ0n) is 9.13. The summed E-state index contributed by atoms with van der Waals surface area (Å²) in [4.78, 5) is 0. The van der Waals surface area contributed by atoms with Gasteiger partial charge >= 0.3 is 0 Å². The highest BCUT2D eigenvalue weighted by Crippen LogP contribution is 2.38. The fourth-order valence-electron chi connectivity index (χ4n) is 1.52. The average Bonchev–Trinajstić information content (AvgIpc) is 2.24. The number of hydrogen-bond acceptors (Lipinski definition) is 3. The molecule has 84 valence electrons. The third-order valence-corrected chi connectivity index (χ3v) is 3.35. The molecule has 0 spiro atoms. The number of aliphatic hydroxyl groups excluding tert-OH is 1. The molecule has 0 radical (unpaired) electrons. The largest absolute Gasteiger partial charge is 0.493 e. The maximum Gasteiger partial charge on any atom is 0.165 e. The van der Waals surface area contributed by atoms with Crippen LogP contribution in [0.1, 0.15) is 11.1 Å². The predicted octanol–water partition coefficient (Wildman–Crippen LogP) is 2.31. The summed E-state index contributed by atoms with van der Waals surface area (Å²) in [5.74, 6) is 1.38. The van der Waals surface area contributed by atoms with E-state index in [0.29, 0.717) is 17.9 Å². The number of rotatable bonds is 4. The van der Waals surface area contributed by atoms with E-state index in [-0.39, 0.29) is 6.61 Å². The van der Waals surface area contributed by atoms with Crippen LogP contribution in [0.25, 0.3) is 0 Å². The highest BCUT2D eigenvalue weighted by atomic mass is 79.9. The molecule has 3 nitrogen and oxygen atoms in total. The van der Waals surface area contributed by atoms with Gasteiger partial charge in [0, 0.05) is 23.1 Å². The molecule has 0 atom stereocenters. The van der Waals surface area contributed by atoms with Crippen LogP contribution in [-0.4, -0.2) is 25.9 Å². The molecular formula is C11H15BrO3. The van der Waals surface area contributed by atoms with Crippen LogP contribution >= 0.6 is 15.9 Å². The van der Waals surface area contributed by atoms with Crippen molar-refractivity contribution in [1.29, 1.82) is 0 Å². The number of benzene rings is 1. The first-order valence-corrected chi connectivity index (χ1v) is 5.45. The summed E-state index contributed by atoms with van der Waals surface area (Å²) in [5.41, 5.74) is 2.01. The van der Waals surface area contributed by atoms with Gasteiger partial charge in [0.2, 0.25) is 0 Å². The van der Waals surface area contributed by atoms with E-state index in [1.54, 1.807) is 14.2 Å². The minimum Gasteiger partial charge on any atom is -0.493 e. The van der Waals surface area contributed by atoms with Gasteiger partial charge in [-0.05, 0) is 18.6 Å². The molecule has 15 heavy (non-hydrogen) atoms. The highest BCUT2D eigenvalue weighted by molar-refractivity contribution is 9.10. The molecule has 0 saturated carbocycles. The summed E-state index contributed by atoms with van der Waals surface area (Å²) >= 11 is 3.49. The summed E-state index contributed by atoms with van der Waals surface area (Å²) in [6, 6.07) is 1.91. The number of aryl methyl sites for hydroxylation is 1. The van der Waals surface area contributed by atoms with Gasteiger partial charge < -0.3 is 14.6 Å². The normalized spacial score (nSPS) is 10.2. The standard InChI is InChI=1S/C11H15BrO3/c1-7-6-9(14-2)11(15-3)8(4-5-13)10(7)12/h6,13H,4-5H2,1-3H3. The maximum absolute atomic E-state index is 9.00. The van der Waals surface area contributed by atoms with Crippen LogP contribution < -0.4 is 9.47 Å². The Balaban J connectivity index is 3.35. The highest BCUT2D eigenvalue weighted by Gasteiger charge is 2.15. The average molecular weight is 275 g/mol. The van der Waals surface area contributed by atoms with Crippen molar-refractivity contribution in [2.75, 3.05) is 20.8 Å². The van der Waals surface area contributed by atoms with Crippen LogP contribution in [0.3, 0.4) is 0 Å². The van der Waals surface area contributed by atoms with Gasteiger partial charge in [0.15, 0.2) is 11.5 Å². The van der Waals surface area contributed by atoms with Crippen molar-refractivity contribution in [2.45, 2.75) is 13.3 Å². The fraction of sp³-hybridized carbons (Fsp3) is 0.455. The predicted molar refractivity (Wildman–Crippen MR) is 62.8 cm³/mol. The molecule has 0 saturated heterocycles. The summed E-state index contributed by atoms with van der Waals surface area (Å²) in [5, 5.41) is 9.00. The molecule has 0 amide bonds. The zero-order chi connectivity index (χ0) is 11.4. The molecule has 0 aliphatic rings. The van der Waals surface area contributed by atoms with E-state index in [0.717, 1.165) is 15.6 Å². The van der Waals surface area contributed by atoms with Gasteiger partial charge in [-0.15, -0.1) is 0 Å². The van der Waals surface area contributed by atoms with Crippen molar-refractivity contribution >= 4 is 15.9 Å². The Hall–Kier alpha value is -0.740. The maximum atomic E-state index is 9.00. The molecule has 0 unspecified atom stereocenters. The Labute approximate surface area is 98.1 Å². The summed E-state index contributed by atoms with van der Waals surface area (Å²) < 4.78 is 11.5. The van der Waals surface area contributed by atoms with E-state index in [1.165, 1.54) is 0 Å². The topological polar surface area (TPSA) is 38.7 Å². The van der Waals surface area contributed by atoms with Crippen LogP contribution in [0.4, 0.5) is 0 Å². The van der Waals surface area contributed by atoms with E-state index < -0.39 is 0 Å². The lowest BCUT2D eigenvalue weighted by molar-refractivity contribution is 0.294. The van der Waals surface area contributed by atoms with Crippen molar-refractivity contribution in [2.24, 2.45) is 0 Å². The fourth-order valence-corrected chi connectivity index (χ4v) is 2.02. The van der Waals surface area contributed by atoms with E-state index in [2.05, 4.69) is 15.9 Å². The van der Waals surface area contributed by atoms with Gasteiger partial charge in [0.25, 0.3) is 0 Å². The number of halogens is 1. The van der Waals surface area contributed by atoms with Crippen LogP contribution in [0.15, 0.2) is 10.5 Å². The lowest BCUT2D eigenvalue weighted by atomic mass is 10.1. The first-order chi connectivity index (χ1) is 7.15. The third-order valence-electron chi connectivity index (χ3n) is 2.24. The van der Waals surface area contributed by atoms with Crippen molar-refractivity contribution in [3.8, 4) is 11.5 Å². The summed E-state index contributed by atoms with van der Waals surface area (Å²) in [6.45, 7) is 2.06. The van der Waals surface area contributed by atoms with Gasteiger partial charge in [-0.25, -0.2) is 0 Å². The molecule has 1 N–H and O–H groups in total. The van der Waals surface area contributed by atoms with Crippen LogP contribution in [0.5, 0.6) is 11.5 Å². The van der Waals surface area contributed by atoms with E-state index in [1.807, 2.05) is 13.0 Å². The minimum absolute atomic E-state index is 0.0849. The molecule has 0 aromatic heterocycles. The zero-order valence-corrected chi connectivity index (χ0v) is 10.7. The molecule has 0 fully saturated rings. The van der Waals surface area contributed by atoms with Gasteiger partial charge in [0.1, 0.15) is 0 Å². The molecule has 0 aliphatic carbocycles. The van der Waals surface area contributed by atoms with Crippen LogP contribution in [0.2, 0.25) is 0 Å². The van der Waals surface area contributed by atoms with Crippen molar-refractivity contribution in [1.82, 2.24) is 0 Å². The van der Waals surface area contributed by atoms with Crippen molar-refractivity contribution in [3.63, 3.8) is 0 Å². The summed E-state index contributed by atoms with van der Waals surface area (Å²) in [6.07, 6.45) is 0.543. The molecule has 0 bridgehead atoms. The SMILES string of the molecule is COc1cc(C)c(Br)c(CCO)c1OC. The Morgan fingerprint density at radius 1 is 1.33 bits per heavy atom. The molecular weight excluding hydrogens is 260 g/mol. The smallest absolute Gasteiger partial charge is 0.165 e. The second kappa shape index (κ2) is 5.37.